The predicted octanol–water partition coefficient (Wildman–Crippen LogP) is 2.19. The summed E-state index contributed by atoms with van der Waals surface area (Å²) in [5, 5.41) is 15.3. The molecular weight excluding hydrogens is 516 g/mol. The van der Waals surface area contributed by atoms with Gasteiger partial charge in [-0.1, -0.05) is 60.7 Å². The first kappa shape index (κ1) is 30.6. The van der Waals surface area contributed by atoms with Gasteiger partial charge in [0.05, 0.1) is 25.7 Å². The van der Waals surface area contributed by atoms with E-state index in [2.05, 4.69) is 16.1 Å². The molecule has 216 valence electrons. The second-order valence-electron chi connectivity index (χ2n) is 10.6. The molecule has 1 fully saturated rings. The molecule has 4 N–H and O–H groups in total. The summed E-state index contributed by atoms with van der Waals surface area (Å²) in [7, 11) is 0. The van der Waals surface area contributed by atoms with Gasteiger partial charge in [0, 0.05) is 6.54 Å². The number of hydroxylamine groups is 1. The highest BCUT2D eigenvalue weighted by molar-refractivity contribution is 5.94. The van der Waals surface area contributed by atoms with Crippen molar-refractivity contribution >= 4 is 23.8 Å². The number of rotatable bonds is 11. The molecule has 2 aromatic rings. The fourth-order valence-electron chi connectivity index (χ4n) is 4.39. The average molecular weight is 555 g/mol. The molecule has 4 amide bonds. The second kappa shape index (κ2) is 14.4. The first-order valence-corrected chi connectivity index (χ1v) is 13.3. The molecule has 3 rings (SSSR count). The molecular formula is C29H38N4O7. The van der Waals surface area contributed by atoms with Gasteiger partial charge in [-0.05, 0) is 44.7 Å². The minimum atomic E-state index is -1.37. The highest BCUT2D eigenvalue weighted by Gasteiger charge is 2.43. The number of amides is 4. The predicted molar refractivity (Wildman–Crippen MR) is 146 cm³/mol. The third-order valence-corrected chi connectivity index (χ3v) is 6.23. The number of nitrogens with zero attached hydrogens (tertiary/aromatic N) is 1. The van der Waals surface area contributed by atoms with Crippen LogP contribution >= 0.6 is 0 Å². The van der Waals surface area contributed by atoms with Crippen molar-refractivity contribution in [2.24, 2.45) is 0 Å². The van der Waals surface area contributed by atoms with Gasteiger partial charge in [-0.2, -0.15) is 0 Å². The number of aliphatic hydroxyl groups is 1. The lowest BCUT2D eigenvalue weighted by Gasteiger charge is -2.32. The van der Waals surface area contributed by atoms with E-state index in [1.165, 1.54) is 4.90 Å². The summed E-state index contributed by atoms with van der Waals surface area (Å²) in [6, 6.07) is 15.6. The van der Waals surface area contributed by atoms with Gasteiger partial charge in [-0.3, -0.25) is 19.2 Å². The van der Waals surface area contributed by atoms with Crippen molar-refractivity contribution in [3.05, 3.63) is 71.8 Å². The van der Waals surface area contributed by atoms with Crippen LogP contribution in [0.1, 0.15) is 51.2 Å². The van der Waals surface area contributed by atoms with Crippen LogP contribution in [0, 0.1) is 0 Å². The summed E-state index contributed by atoms with van der Waals surface area (Å²) in [4.78, 5) is 58.8. The summed E-state index contributed by atoms with van der Waals surface area (Å²) < 4.78 is 5.30. The first-order valence-electron chi connectivity index (χ1n) is 13.3. The third kappa shape index (κ3) is 9.35. The smallest absolute Gasteiger partial charge is 0.408 e. The summed E-state index contributed by atoms with van der Waals surface area (Å²) in [5.74, 6) is -1.73. The maximum absolute atomic E-state index is 13.8. The number of hydrogen-bond donors (Lipinski definition) is 4. The number of benzene rings is 2. The summed E-state index contributed by atoms with van der Waals surface area (Å²) in [6.45, 7) is 5.00. The van der Waals surface area contributed by atoms with Crippen molar-refractivity contribution in [2.75, 3.05) is 6.61 Å². The fraction of sp³-hybridized carbons (Fsp3) is 0.448. The van der Waals surface area contributed by atoms with Crippen LogP contribution < -0.4 is 16.1 Å². The fourth-order valence-corrected chi connectivity index (χ4v) is 4.39. The Bertz CT molecular complexity index is 1140. The standard InChI is InChI=1S/C29H38N4O7/c1-29(2,3)40-28(38)31-23(16-25(35)32-39-19-21-12-8-5-9-13-21)27(37)33-22(18-34)14-15-24(33)26(36)30-17-20-10-6-4-7-11-20/h4-13,22-24,34H,14-19H2,1-3H3,(H,30,36)(H,31,38)(H,32,35)/t22-,23+,24+/m1/s1. The maximum Gasteiger partial charge on any atom is 0.408 e. The zero-order valence-electron chi connectivity index (χ0n) is 23.1. The van der Waals surface area contributed by atoms with Crippen LogP contribution in [0.3, 0.4) is 0 Å². The van der Waals surface area contributed by atoms with E-state index in [1.807, 2.05) is 60.7 Å². The van der Waals surface area contributed by atoms with Crippen LogP contribution in [0.5, 0.6) is 0 Å². The largest absolute Gasteiger partial charge is 0.444 e. The molecule has 0 spiro atoms. The maximum atomic E-state index is 13.8. The molecule has 0 aromatic heterocycles. The van der Waals surface area contributed by atoms with Crippen molar-refractivity contribution in [1.29, 1.82) is 0 Å². The quantitative estimate of drug-likeness (QED) is 0.312. The van der Waals surface area contributed by atoms with Crippen LogP contribution in [0.25, 0.3) is 0 Å². The molecule has 0 radical (unpaired) electrons. The van der Waals surface area contributed by atoms with E-state index in [1.54, 1.807) is 20.8 Å². The van der Waals surface area contributed by atoms with Crippen molar-refractivity contribution < 1.29 is 33.9 Å². The second-order valence-corrected chi connectivity index (χ2v) is 10.6. The summed E-state index contributed by atoms with van der Waals surface area (Å²) >= 11 is 0. The Balaban J connectivity index is 1.71. The molecule has 0 unspecified atom stereocenters. The Labute approximate surface area is 234 Å². The van der Waals surface area contributed by atoms with E-state index in [9.17, 15) is 24.3 Å². The van der Waals surface area contributed by atoms with E-state index >= 15 is 0 Å². The van der Waals surface area contributed by atoms with Gasteiger partial charge in [-0.15, -0.1) is 0 Å². The van der Waals surface area contributed by atoms with Crippen LogP contribution in [-0.4, -0.2) is 64.2 Å². The lowest BCUT2D eigenvalue weighted by molar-refractivity contribution is -0.145. The van der Waals surface area contributed by atoms with E-state index in [-0.39, 0.29) is 25.7 Å². The molecule has 40 heavy (non-hydrogen) atoms. The monoisotopic (exact) mass is 554 g/mol. The van der Waals surface area contributed by atoms with E-state index in [0.717, 1.165) is 11.1 Å². The normalized spacial score (nSPS) is 17.6. The molecule has 0 bridgehead atoms. The topological polar surface area (TPSA) is 146 Å². The number of aliphatic hydroxyl groups excluding tert-OH is 1. The first-order chi connectivity index (χ1) is 19.1. The van der Waals surface area contributed by atoms with Crippen LogP contribution in [0.15, 0.2) is 60.7 Å². The van der Waals surface area contributed by atoms with Crippen molar-refractivity contribution in [3.8, 4) is 0 Å². The van der Waals surface area contributed by atoms with Gasteiger partial charge in [-0.25, -0.2) is 10.3 Å². The van der Waals surface area contributed by atoms with Crippen molar-refractivity contribution in [1.82, 2.24) is 21.0 Å². The molecule has 0 saturated carbocycles. The number of ether oxygens (including phenoxy) is 1. The number of nitrogens with one attached hydrogen (secondary N) is 3. The van der Waals surface area contributed by atoms with E-state index in [4.69, 9.17) is 9.57 Å². The number of hydrogen-bond acceptors (Lipinski definition) is 7. The summed E-state index contributed by atoms with van der Waals surface area (Å²) in [6.07, 6.45) is -0.658. The highest BCUT2D eigenvalue weighted by atomic mass is 16.6. The number of carbonyl (C=O) groups is 4. The van der Waals surface area contributed by atoms with Crippen LogP contribution in [0.4, 0.5) is 4.79 Å². The minimum absolute atomic E-state index is 0.104. The SMILES string of the molecule is CC(C)(C)OC(=O)N[C@@H](CC(=O)NOCc1ccccc1)C(=O)N1[C@@H](CO)CC[C@H]1C(=O)NCc1ccccc1. The van der Waals surface area contributed by atoms with Gasteiger partial charge in [0.25, 0.3) is 0 Å². The molecule has 1 aliphatic heterocycles. The van der Waals surface area contributed by atoms with Gasteiger partial charge in [0.15, 0.2) is 0 Å². The Kier molecular flexibility index (Phi) is 11.0. The number of alkyl carbamates (subject to hydrolysis) is 1. The molecule has 2 aromatic carbocycles. The van der Waals surface area contributed by atoms with E-state index < -0.39 is 48.1 Å². The Morgan fingerprint density at radius 1 is 0.975 bits per heavy atom. The summed E-state index contributed by atoms with van der Waals surface area (Å²) in [5.41, 5.74) is 3.17. The zero-order chi connectivity index (χ0) is 29.1. The molecule has 1 heterocycles. The van der Waals surface area contributed by atoms with Gasteiger partial charge >= 0.3 is 6.09 Å². The molecule has 1 aliphatic rings. The van der Waals surface area contributed by atoms with E-state index in [0.29, 0.717) is 12.8 Å². The van der Waals surface area contributed by atoms with Crippen LogP contribution in [0.2, 0.25) is 0 Å². The van der Waals surface area contributed by atoms with Gasteiger partial charge in [0.1, 0.15) is 17.7 Å². The Morgan fingerprint density at radius 2 is 1.60 bits per heavy atom. The third-order valence-electron chi connectivity index (χ3n) is 6.23. The Morgan fingerprint density at radius 3 is 2.20 bits per heavy atom. The highest BCUT2D eigenvalue weighted by Crippen LogP contribution is 2.26. The number of likely N-dealkylation sites (tertiary alicyclic amines) is 1. The number of carbonyl (C=O) groups excluding carboxylic acids is 4. The van der Waals surface area contributed by atoms with Crippen molar-refractivity contribution in [2.45, 2.75) is 76.9 Å². The lowest BCUT2D eigenvalue weighted by atomic mass is 10.1. The zero-order valence-corrected chi connectivity index (χ0v) is 23.1. The molecule has 11 nitrogen and oxygen atoms in total. The molecule has 3 atom stereocenters. The Hall–Kier alpha value is -3.96. The van der Waals surface area contributed by atoms with Gasteiger partial charge < -0.3 is 25.4 Å². The molecule has 1 saturated heterocycles. The van der Waals surface area contributed by atoms with Gasteiger partial charge in [0.2, 0.25) is 17.7 Å². The van der Waals surface area contributed by atoms with Crippen molar-refractivity contribution in [3.63, 3.8) is 0 Å². The van der Waals surface area contributed by atoms with Crippen LogP contribution in [-0.2, 0) is 37.1 Å². The molecule has 0 aliphatic carbocycles. The average Bonchev–Trinajstić information content (AvgIpc) is 3.35. The minimum Gasteiger partial charge on any atom is -0.444 e. The molecule has 11 heteroatoms. The lowest BCUT2D eigenvalue weighted by Crippen LogP contribution is -2.57.